The number of halogens is 1. The van der Waals surface area contributed by atoms with E-state index in [0.717, 1.165) is 30.5 Å². The van der Waals surface area contributed by atoms with Crippen LogP contribution in [-0.2, 0) is 20.6 Å². The van der Waals surface area contributed by atoms with E-state index in [1.165, 1.54) is 31.2 Å². The first kappa shape index (κ1) is 17.8. The highest BCUT2D eigenvalue weighted by atomic mass is 35.5. The molecule has 1 aliphatic rings. The molecule has 0 saturated heterocycles. The van der Waals surface area contributed by atoms with Gasteiger partial charge in [0.1, 0.15) is 0 Å². The van der Waals surface area contributed by atoms with E-state index < -0.39 is 0 Å². The fraction of sp³-hybridized carbons (Fsp3) is 0.500. The van der Waals surface area contributed by atoms with Crippen molar-refractivity contribution < 1.29 is 12.4 Å². The van der Waals surface area contributed by atoms with Crippen LogP contribution in [0.5, 0.6) is 0 Å². The summed E-state index contributed by atoms with van der Waals surface area (Å²) in [4.78, 5) is 11.9. The van der Waals surface area contributed by atoms with Gasteiger partial charge in [-0.3, -0.25) is 9.13 Å². The summed E-state index contributed by atoms with van der Waals surface area (Å²) in [6.45, 7) is 1.88. The highest BCUT2D eigenvalue weighted by Crippen LogP contribution is 2.19. The Bertz CT molecular complexity index is 757. The summed E-state index contributed by atoms with van der Waals surface area (Å²) in [5.41, 5.74) is 4.86. The van der Waals surface area contributed by atoms with Crippen molar-refractivity contribution >= 4 is 11.0 Å². The Balaban J connectivity index is 0.00000192. The van der Waals surface area contributed by atoms with Gasteiger partial charge in [0.05, 0.1) is 11.0 Å². The first-order valence-electron chi connectivity index (χ1n) is 8.20. The normalized spacial score (nSPS) is 14.6. The lowest BCUT2D eigenvalue weighted by Crippen LogP contribution is -3.00. The van der Waals surface area contributed by atoms with Crippen LogP contribution >= 0.6 is 0 Å². The van der Waals surface area contributed by atoms with Crippen LogP contribution < -0.4 is 23.4 Å². The maximum atomic E-state index is 11.9. The lowest BCUT2D eigenvalue weighted by Gasteiger charge is -2.13. The summed E-state index contributed by atoms with van der Waals surface area (Å²) in [5.74, 6) is 0. The zero-order valence-electron chi connectivity index (χ0n) is 13.9. The van der Waals surface area contributed by atoms with Gasteiger partial charge in [0.15, 0.2) is 0 Å². The number of nitrogens with one attached hydrogen (secondary N) is 1. The number of fused-ring (bicyclic) bond motifs is 1. The van der Waals surface area contributed by atoms with Gasteiger partial charge in [-0.25, -0.2) is 4.79 Å². The first-order valence-corrected chi connectivity index (χ1v) is 8.20. The molecule has 0 amide bonds. The minimum absolute atomic E-state index is 0. The molecule has 5 heteroatoms. The molecule has 0 spiro atoms. The molecule has 0 saturated carbocycles. The Morgan fingerprint density at radius 3 is 2.65 bits per heavy atom. The number of allylic oxidation sites excluding steroid dienone is 1. The van der Waals surface area contributed by atoms with E-state index in [9.17, 15) is 4.79 Å². The molecule has 1 aliphatic carbocycles. The van der Waals surface area contributed by atoms with E-state index in [-0.39, 0.29) is 18.1 Å². The average Bonchev–Trinajstić information content (AvgIpc) is 2.77. The van der Waals surface area contributed by atoms with Gasteiger partial charge >= 0.3 is 5.69 Å². The van der Waals surface area contributed by atoms with Crippen LogP contribution in [-0.4, -0.2) is 15.7 Å². The van der Waals surface area contributed by atoms with Crippen LogP contribution in [0.4, 0.5) is 0 Å². The van der Waals surface area contributed by atoms with Gasteiger partial charge in [0.25, 0.3) is 0 Å². The predicted molar refractivity (Wildman–Crippen MR) is 91.0 cm³/mol. The van der Waals surface area contributed by atoms with Crippen LogP contribution in [0.2, 0.25) is 0 Å². The van der Waals surface area contributed by atoms with Gasteiger partial charge < -0.3 is 17.7 Å². The number of imidazole rings is 1. The number of nitrogens with zero attached hydrogens (tertiary/aromatic N) is 2. The fourth-order valence-corrected chi connectivity index (χ4v) is 3.28. The zero-order chi connectivity index (χ0) is 15.5. The first-order chi connectivity index (χ1) is 10.7. The molecule has 2 aromatic rings. The molecule has 0 bridgehead atoms. The molecule has 1 N–H and O–H groups in total. The number of hydrogen-bond donors (Lipinski definition) is 1. The van der Waals surface area contributed by atoms with Gasteiger partial charge in [0, 0.05) is 20.6 Å². The highest BCUT2D eigenvalue weighted by Gasteiger charge is 2.08. The van der Waals surface area contributed by atoms with Crippen LogP contribution in [0.3, 0.4) is 0 Å². The monoisotopic (exact) mass is 334 g/mol. The summed E-state index contributed by atoms with van der Waals surface area (Å²) < 4.78 is 3.41. The third-order valence-corrected chi connectivity index (χ3v) is 4.67. The van der Waals surface area contributed by atoms with E-state index in [4.69, 9.17) is 0 Å². The standard InChI is InChI=1S/C18H25N3O.ClH/c1-20-16-9-8-15(12-17(16)21(2)18(20)22)13-19-11-10-14-6-4-3-5-7-14;/h6,8-9,12,19H,3-5,7,10-11,13H2,1-2H3;1H/p-1. The Kier molecular flexibility index (Phi) is 6.08. The molecule has 1 aromatic carbocycles. The van der Waals surface area contributed by atoms with Crippen molar-refractivity contribution in [3.05, 3.63) is 45.9 Å². The second kappa shape index (κ2) is 7.84. The number of hydrogen-bond acceptors (Lipinski definition) is 2. The number of rotatable bonds is 5. The Hall–Kier alpha value is -1.52. The zero-order valence-corrected chi connectivity index (χ0v) is 14.7. The minimum atomic E-state index is 0. The maximum absolute atomic E-state index is 11.9. The molecule has 126 valence electrons. The van der Waals surface area contributed by atoms with Crippen molar-refractivity contribution in [1.29, 1.82) is 0 Å². The third kappa shape index (κ3) is 3.88. The fourth-order valence-electron chi connectivity index (χ4n) is 3.28. The summed E-state index contributed by atoms with van der Waals surface area (Å²) in [6, 6.07) is 6.26. The topological polar surface area (TPSA) is 39.0 Å². The summed E-state index contributed by atoms with van der Waals surface area (Å²) in [5, 5.41) is 3.52. The molecular formula is C18H25ClN3O-. The largest absolute Gasteiger partial charge is 1.00 e. The molecule has 0 atom stereocenters. The summed E-state index contributed by atoms with van der Waals surface area (Å²) in [6.07, 6.45) is 8.81. The summed E-state index contributed by atoms with van der Waals surface area (Å²) in [7, 11) is 3.65. The van der Waals surface area contributed by atoms with Crippen molar-refractivity contribution in [2.45, 2.75) is 38.6 Å². The van der Waals surface area contributed by atoms with Crippen LogP contribution in [0.15, 0.2) is 34.6 Å². The Morgan fingerprint density at radius 2 is 1.91 bits per heavy atom. The van der Waals surface area contributed by atoms with Crippen molar-refractivity contribution in [1.82, 2.24) is 14.5 Å². The highest BCUT2D eigenvalue weighted by molar-refractivity contribution is 5.76. The number of aromatic nitrogens is 2. The van der Waals surface area contributed by atoms with Crippen LogP contribution in [0, 0.1) is 0 Å². The lowest BCUT2D eigenvalue weighted by atomic mass is 9.97. The maximum Gasteiger partial charge on any atom is 0.328 e. The molecule has 0 radical (unpaired) electrons. The molecule has 0 unspecified atom stereocenters. The van der Waals surface area contributed by atoms with Crippen molar-refractivity contribution in [3.8, 4) is 0 Å². The average molecular weight is 335 g/mol. The molecule has 23 heavy (non-hydrogen) atoms. The predicted octanol–water partition coefficient (Wildman–Crippen LogP) is -0.139. The van der Waals surface area contributed by atoms with E-state index in [1.807, 2.05) is 20.2 Å². The molecule has 1 heterocycles. The van der Waals surface area contributed by atoms with Gasteiger partial charge in [-0.1, -0.05) is 17.7 Å². The van der Waals surface area contributed by atoms with E-state index >= 15 is 0 Å². The van der Waals surface area contributed by atoms with Crippen LogP contribution in [0.25, 0.3) is 11.0 Å². The molecular weight excluding hydrogens is 310 g/mol. The van der Waals surface area contributed by atoms with E-state index in [0.29, 0.717) is 0 Å². The Labute approximate surface area is 143 Å². The van der Waals surface area contributed by atoms with Crippen molar-refractivity contribution in [2.24, 2.45) is 14.1 Å². The van der Waals surface area contributed by atoms with Crippen molar-refractivity contribution in [2.75, 3.05) is 6.54 Å². The van der Waals surface area contributed by atoms with E-state index in [1.54, 1.807) is 14.7 Å². The summed E-state index contributed by atoms with van der Waals surface area (Å²) >= 11 is 0. The SMILES string of the molecule is Cn1c(=O)n(C)c2cc(CNCCC3=CCCCC3)ccc21.[Cl-]. The smallest absolute Gasteiger partial charge is 0.328 e. The second-order valence-electron chi connectivity index (χ2n) is 6.26. The lowest BCUT2D eigenvalue weighted by molar-refractivity contribution is -0.00000472. The van der Waals surface area contributed by atoms with Gasteiger partial charge in [0.2, 0.25) is 0 Å². The van der Waals surface area contributed by atoms with Gasteiger partial charge in [-0.15, -0.1) is 0 Å². The molecule has 1 aromatic heterocycles. The minimum Gasteiger partial charge on any atom is -1.00 e. The van der Waals surface area contributed by atoms with Gasteiger partial charge in [-0.2, -0.15) is 0 Å². The number of benzene rings is 1. The van der Waals surface area contributed by atoms with E-state index in [2.05, 4.69) is 23.5 Å². The Morgan fingerprint density at radius 1 is 1.13 bits per heavy atom. The quantitative estimate of drug-likeness (QED) is 0.611. The second-order valence-corrected chi connectivity index (χ2v) is 6.26. The number of aryl methyl sites for hydroxylation is 2. The molecule has 0 fully saturated rings. The van der Waals surface area contributed by atoms with Gasteiger partial charge in [-0.05, 0) is 56.3 Å². The van der Waals surface area contributed by atoms with Crippen LogP contribution in [0.1, 0.15) is 37.7 Å². The molecule has 0 aliphatic heterocycles. The molecule has 3 rings (SSSR count). The molecule has 4 nitrogen and oxygen atoms in total. The van der Waals surface area contributed by atoms with Crippen molar-refractivity contribution in [3.63, 3.8) is 0 Å². The third-order valence-electron chi connectivity index (χ3n) is 4.67.